The molecule has 3 heterocycles. The predicted octanol–water partition coefficient (Wildman–Crippen LogP) is 2.43. The van der Waals surface area contributed by atoms with Gasteiger partial charge in [0, 0.05) is 24.3 Å². The molecule has 0 spiro atoms. The molecule has 3 aromatic rings. The van der Waals surface area contributed by atoms with Gasteiger partial charge in [0.15, 0.2) is 10.8 Å². The highest BCUT2D eigenvalue weighted by molar-refractivity contribution is 7.92. The van der Waals surface area contributed by atoms with Crippen molar-refractivity contribution < 1.29 is 8.42 Å². The summed E-state index contributed by atoms with van der Waals surface area (Å²) in [6.07, 6.45) is 1.29. The number of nitrogens with one attached hydrogen (secondary N) is 1. The van der Waals surface area contributed by atoms with E-state index in [1.807, 2.05) is 0 Å². The van der Waals surface area contributed by atoms with Crippen LogP contribution in [0.15, 0.2) is 29.3 Å². The van der Waals surface area contributed by atoms with Crippen LogP contribution in [0.1, 0.15) is 11.4 Å². The number of anilines is 1. The van der Waals surface area contributed by atoms with Gasteiger partial charge in [-0.15, -0.1) is 0 Å². The van der Waals surface area contributed by atoms with E-state index in [4.69, 9.17) is 11.6 Å². The minimum Gasteiger partial charge on any atom is -0.276 e. The monoisotopic (exact) mass is 351 g/mol. The molecule has 3 aromatic heterocycles. The van der Waals surface area contributed by atoms with Crippen LogP contribution in [-0.2, 0) is 17.1 Å². The van der Waals surface area contributed by atoms with Crippen molar-refractivity contribution in [1.82, 2.24) is 19.7 Å². The van der Waals surface area contributed by atoms with E-state index in [1.54, 1.807) is 43.8 Å². The van der Waals surface area contributed by atoms with E-state index in [1.165, 1.54) is 6.20 Å². The summed E-state index contributed by atoms with van der Waals surface area (Å²) in [7, 11) is -2.07. The molecule has 7 nitrogen and oxygen atoms in total. The van der Waals surface area contributed by atoms with Crippen LogP contribution in [0, 0.1) is 13.8 Å². The number of pyridine rings is 2. The summed E-state index contributed by atoms with van der Waals surface area (Å²) in [4.78, 5) is 8.25. The Bertz CT molecular complexity index is 1010. The molecule has 0 amide bonds. The molecule has 120 valence electrons. The maximum atomic E-state index is 12.5. The van der Waals surface area contributed by atoms with E-state index < -0.39 is 10.0 Å². The SMILES string of the molecule is Cc1ccc(NS(=O)(=O)c2cnc3c(c2)c(C)nn3C)c(Cl)n1. The Morgan fingerprint density at radius 2 is 2.00 bits per heavy atom. The number of rotatable bonds is 3. The molecule has 0 radical (unpaired) electrons. The molecule has 0 aromatic carbocycles. The zero-order valence-electron chi connectivity index (χ0n) is 12.7. The summed E-state index contributed by atoms with van der Waals surface area (Å²) in [6.45, 7) is 3.57. The van der Waals surface area contributed by atoms with Gasteiger partial charge >= 0.3 is 0 Å². The first-order valence-corrected chi connectivity index (χ1v) is 8.59. The Morgan fingerprint density at radius 3 is 2.70 bits per heavy atom. The van der Waals surface area contributed by atoms with Crippen LogP contribution in [0.5, 0.6) is 0 Å². The molecule has 23 heavy (non-hydrogen) atoms. The van der Waals surface area contributed by atoms with Gasteiger partial charge < -0.3 is 0 Å². The van der Waals surface area contributed by atoms with Crippen LogP contribution < -0.4 is 4.72 Å². The second kappa shape index (κ2) is 5.47. The molecule has 0 aliphatic carbocycles. The number of hydrogen-bond acceptors (Lipinski definition) is 5. The number of sulfonamides is 1. The zero-order valence-corrected chi connectivity index (χ0v) is 14.3. The van der Waals surface area contributed by atoms with Gasteiger partial charge in [0.1, 0.15) is 4.90 Å². The quantitative estimate of drug-likeness (QED) is 0.732. The highest BCUT2D eigenvalue weighted by atomic mass is 35.5. The highest BCUT2D eigenvalue weighted by Crippen LogP contribution is 2.24. The maximum Gasteiger partial charge on any atom is 0.263 e. The van der Waals surface area contributed by atoms with Gasteiger partial charge in [-0.25, -0.2) is 18.4 Å². The molecule has 0 unspecified atom stereocenters. The summed E-state index contributed by atoms with van der Waals surface area (Å²) in [6, 6.07) is 4.79. The van der Waals surface area contributed by atoms with Crippen LogP contribution in [0.4, 0.5) is 5.69 Å². The smallest absolute Gasteiger partial charge is 0.263 e. The van der Waals surface area contributed by atoms with E-state index in [2.05, 4.69) is 19.8 Å². The number of aromatic nitrogens is 4. The topological polar surface area (TPSA) is 89.8 Å². The molecular formula is C14H14ClN5O2S. The van der Waals surface area contributed by atoms with Gasteiger partial charge in [0.25, 0.3) is 10.0 Å². The first kappa shape index (κ1) is 15.7. The minimum atomic E-state index is -3.82. The van der Waals surface area contributed by atoms with Gasteiger partial charge in [0.2, 0.25) is 0 Å². The lowest BCUT2D eigenvalue weighted by molar-refractivity contribution is 0.601. The number of nitrogens with zero attached hydrogens (tertiary/aromatic N) is 4. The molecule has 0 atom stereocenters. The molecule has 0 aliphatic heterocycles. The van der Waals surface area contributed by atoms with Crippen molar-refractivity contribution >= 4 is 38.3 Å². The fraction of sp³-hybridized carbons (Fsp3) is 0.214. The molecule has 0 aliphatic rings. The van der Waals surface area contributed by atoms with E-state index in [9.17, 15) is 8.42 Å². The summed E-state index contributed by atoms with van der Waals surface area (Å²) >= 11 is 5.98. The van der Waals surface area contributed by atoms with Crippen LogP contribution in [-0.4, -0.2) is 28.2 Å². The van der Waals surface area contributed by atoms with Crippen molar-refractivity contribution in [1.29, 1.82) is 0 Å². The Hall–Kier alpha value is -2.19. The van der Waals surface area contributed by atoms with Crippen LogP contribution in [0.3, 0.4) is 0 Å². The van der Waals surface area contributed by atoms with Crippen molar-refractivity contribution in [2.24, 2.45) is 7.05 Å². The molecule has 0 saturated carbocycles. The first-order chi connectivity index (χ1) is 10.8. The Kier molecular flexibility index (Phi) is 3.73. The second-order valence-electron chi connectivity index (χ2n) is 5.15. The third-order valence-corrected chi connectivity index (χ3v) is 5.00. The van der Waals surface area contributed by atoms with E-state index >= 15 is 0 Å². The average Bonchev–Trinajstić information content (AvgIpc) is 2.77. The molecule has 0 fully saturated rings. The lowest BCUT2D eigenvalue weighted by Crippen LogP contribution is -2.14. The number of aryl methyl sites for hydroxylation is 3. The Balaban J connectivity index is 2.04. The highest BCUT2D eigenvalue weighted by Gasteiger charge is 2.19. The lowest BCUT2D eigenvalue weighted by Gasteiger charge is -2.09. The number of fused-ring (bicyclic) bond motifs is 1. The molecule has 1 N–H and O–H groups in total. The summed E-state index contributed by atoms with van der Waals surface area (Å²) in [5, 5.41) is 5.01. The fourth-order valence-corrected chi connectivity index (χ4v) is 3.58. The maximum absolute atomic E-state index is 12.5. The van der Waals surface area contributed by atoms with Crippen LogP contribution in [0.2, 0.25) is 5.15 Å². The summed E-state index contributed by atoms with van der Waals surface area (Å²) in [5.74, 6) is 0. The normalized spacial score (nSPS) is 11.8. The van der Waals surface area contributed by atoms with Crippen molar-refractivity contribution in [2.75, 3.05) is 4.72 Å². The zero-order chi connectivity index (χ0) is 16.8. The number of hydrogen-bond donors (Lipinski definition) is 1. The molecular weight excluding hydrogens is 338 g/mol. The predicted molar refractivity (Wildman–Crippen MR) is 88.0 cm³/mol. The standard InChI is InChI=1S/C14H14ClN5O2S/c1-8-4-5-12(13(15)17-8)19-23(21,22)10-6-11-9(2)18-20(3)14(11)16-7-10/h4-7,19H,1-3H3. The van der Waals surface area contributed by atoms with Crippen molar-refractivity contribution in [3.05, 3.63) is 40.9 Å². The largest absolute Gasteiger partial charge is 0.276 e. The minimum absolute atomic E-state index is 0.0396. The Morgan fingerprint density at radius 1 is 1.26 bits per heavy atom. The van der Waals surface area contributed by atoms with Gasteiger partial charge in [-0.3, -0.25) is 9.40 Å². The first-order valence-electron chi connectivity index (χ1n) is 6.73. The van der Waals surface area contributed by atoms with Crippen molar-refractivity contribution in [3.63, 3.8) is 0 Å². The lowest BCUT2D eigenvalue weighted by atomic mass is 10.3. The van der Waals surface area contributed by atoms with E-state index in [-0.39, 0.29) is 15.7 Å². The third kappa shape index (κ3) is 2.87. The summed E-state index contributed by atoms with van der Waals surface area (Å²) in [5.41, 5.74) is 2.26. The molecule has 3 rings (SSSR count). The Labute approximate surface area is 138 Å². The van der Waals surface area contributed by atoms with Crippen LogP contribution >= 0.6 is 11.6 Å². The second-order valence-corrected chi connectivity index (χ2v) is 7.19. The van der Waals surface area contributed by atoms with E-state index in [0.29, 0.717) is 22.4 Å². The third-order valence-electron chi connectivity index (χ3n) is 3.38. The van der Waals surface area contributed by atoms with Crippen LogP contribution in [0.25, 0.3) is 11.0 Å². The van der Waals surface area contributed by atoms with E-state index in [0.717, 1.165) is 0 Å². The van der Waals surface area contributed by atoms with Gasteiger partial charge in [-0.05, 0) is 32.0 Å². The summed E-state index contributed by atoms with van der Waals surface area (Å²) < 4.78 is 29.1. The number of halogens is 1. The van der Waals surface area contributed by atoms with Gasteiger partial charge in [-0.2, -0.15) is 5.10 Å². The fourth-order valence-electron chi connectivity index (χ4n) is 2.24. The average molecular weight is 352 g/mol. The van der Waals surface area contributed by atoms with Gasteiger partial charge in [-0.1, -0.05) is 11.6 Å². The molecule has 9 heteroatoms. The molecule has 0 saturated heterocycles. The van der Waals surface area contributed by atoms with Gasteiger partial charge in [0.05, 0.1) is 11.4 Å². The van der Waals surface area contributed by atoms with Crippen molar-refractivity contribution in [3.8, 4) is 0 Å². The van der Waals surface area contributed by atoms with Crippen molar-refractivity contribution in [2.45, 2.75) is 18.7 Å². The molecule has 0 bridgehead atoms.